The van der Waals surface area contributed by atoms with Crippen molar-refractivity contribution in [2.45, 2.75) is 26.8 Å². The number of aromatic nitrogens is 1. The van der Waals surface area contributed by atoms with Crippen LogP contribution in [0.5, 0.6) is 0 Å². The summed E-state index contributed by atoms with van der Waals surface area (Å²) < 4.78 is 0. The lowest BCUT2D eigenvalue weighted by atomic mass is 9.84. The largest absolute Gasteiger partial charge is 0.358 e. The van der Waals surface area contributed by atoms with Crippen molar-refractivity contribution in [3.63, 3.8) is 0 Å². The van der Waals surface area contributed by atoms with Crippen LogP contribution in [0.1, 0.15) is 31.1 Å². The van der Waals surface area contributed by atoms with E-state index in [0.29, 0.717) is 5.92 Å². The summed E-state index contributed by atoms with van der Waals surface area (Å²) in [6.45, 7) is 6.34. The lowest BCUT2D eigenvalue weighted by molar-refractivity contribution is 0.211. The van der Waals surface area contributed by atoms with E-state index in [0.717, 1.165) is 11.2 Å². The van der Waals surface area contributed by atoms with Crippen LogP contribution in [-0.2, 0) is 0 Å². The Labute approximate surface area is 121 Å². The van der Waals surface area contributed by atoms with E-state index in [1.54, 1.807) is 0 Å². The van der Waals surface area contributed by atoms with Crippen molar-refractivity contribution in [3.05, 3.63) is 35.5 Å². The summed E-state index contributed by atoms with van der Waals surface area (Å²) in [6, 6.07) is 10.9. The van der Waals surface area contributed by atoms with Gasteiger partial charge in [0.15, 0.2) is 0 Å². The highest BCUT2D eigenvalue weighted by Gasteiger charge is 2.31. The molecule has 106 valence electrons. The lowest BCUT2D eigenvalue weighted by Gasteiger charge is -2.31. The van der Waals surface area contributed by atoms with E-state index < -0.39 is 0 Å². The Balaban J connectivity index is 2.64. The third kappa shape index (κ3) is 2.44. The van der Waals surface area contributed by atoms with Crippen LogP contribution in [0.4, 0.5) is 0 Å². The number of rotatable bonds is 4. The summed E-state index contributed by atoms with van der Waals surface area (Å²) in [4.78, 5) is 5.61. The van der Waals surface area contributed by atoms with Gasteiger partial charge in [-0.3, -0.25) is 0 Å². The number of hydrogen-bond acceptors (Lipinski definition) is 2. The molecule has 20 heavy (non-hydrogen) atoms. The first-order valence-corrected chi connectivity index (χ1v) is 7.10. The van der Waals surface area contributed by atoms with Crippen molar-refractivity contribution in [1.29, 1.82) is 5.26 Å². The molecule has 1 aromatic heterocycles. The molecule has 2 aromatic rings. The molecule has 0 aliphatic carbocycles. The molecular formula is C17H23N3. The number of nitrogens with one attached hydrogen (secondary N) is 1. The molecule has 0 fully saturated rings. The van der Waals surface area contributed by atoms with Crippen molar-refractivity contribution in [3.8, 4) is 6.07 Å². The van der Waals surface area contributed by atoms with Gasteiger partial charge < -0.3 is 9.88 Å². The van der Waals surface area contributed by atoms with Gasteiger partial charge in [-0.1, -0.05) is 32.0 Å². The zero-order valence-corrected chi connectivity index (χ0v) is 12.9. The van der Waals surface area contributed by atoms with Gasteiger partial charge in [-0.15, -0.1) is 0 Å². The SMILES string of the molecule is Cc1[nH]c2ccccc2c1C(C(C#N)C(C)C)N(C)C. The number of fused-ring (bicyclic) bond motifs is 1. The molecule has 2 atom stereocenters. The first kappa shape index (κ1) is 14.6. The van der Waals surface area contributed by atoms with Crippen LogP contribution in [-0.4, -0.2) is 24.0 Å². The molecule has 1 heterocycles. The molecule has 0 amide bonds. The van der Waals surface area contributed by atoms with E-state index >= 15 is 0 Å². The fraction of sp³-hybridized carbons (Fsp3) is 0.471. The first-order valence-electron chi connectivity index (χ1n) is 7.10. The monoisotopic (exact) mass is 269 g/mol. The Morgan fingerprint density at radius 2 is 1.85 bits per heavy atom. The van der Waals surface area contributed by atoms with Crippen LogP contribution >= 0.6 is 0 Å². The summed E-state index contributed by atoms with van der Waals surface area (Å²) >= 11 is 0. The molecule has 0 radical (unpaired) electrons. The molecule has 0 bridgehead atoms. The lowest BCUT2D eigenvalue weighted by Crippen LogP contribution is -2.30. The molecule has 1 N–H and O–H groups in total. The number of nitrogens with zero attached hydrogens (tertiary/aromatic N) is 2. The van der Waals surface area contributed by atoms with Gasteiger partial charge in [0.25, 0.3) is 0 Å². The average Bonchev–Trinajstić information content (AvgIpc) is 2.71. The number of nitriles is 1. The quantitative estimate of drug-likeness (QED) is 0.915. The van der Waals surface area contributed by atoms with Crippen LogP contribution in [0.25, 0.3) is 10.9 Å². The van der Waals surface area contributed by atoms with E-state index in [1.807, 2.05) is 6.07 Å². The van der Waals surface area contributed by atoms with Crippen molar-refractivity contribution in [1.82, 2.24) is 9.88 Å². The van der Waals surface area contributed by atoms with Crippen molar-refractivity contribution < 1.29 is 0 Å². The summed E-state index contributed by atoms with van der Waals surface area (Å²) in [5, 5.41) is 10.8. The molecule has 0 saturated carbocycles. The molecule has 3 nitrogen and oxygen atoms in total. The van der Waals surface area contributed by atoms with Crippen LogP contribution in [0.3, 0.4) is 0 Å². The average molecular weight is 269 g/mol. The molecule has 2 rings (SSSR count). The van der Waals surface area contributed by atoms with Gasteiger partial charge in [0.05, 0.1) is 18.0 Å². The minimum absolute atomic E-state index is 0.0251. The molecule has 0 spiro atoms. The second-order valence-electron chi connectivity index (χ2n) is 6.02. The minimum atomic E-state index is -0.0251. The van der Waals surface area contributed by atoms with Crippen molar-refractivity contribution >= 4 is 10.9 Å². The van der Waals surface area contributed by atoms with Crippen LogP contribution < -0.4 is 0 Å². The fourth-order valence-corrected chi connectivity index (χ4v) is 3.02. The predicted octanol–water partition coefficient (Wildman–Crippen LogP) is 3.87. The highest BCUT2D eigenvalue weighted by molar-refractivity contribution is 5.85. The smallest absolute Gasteiger partial charge is 0.0684 e. The van der Waals surface area contributed by atoms with Gasteiger partial charge in [0.1, 0.15) is 0 Å². The van der Waals surface area contributed by atoms with Gasteiger partial charge in [-0.2, -0.15) is 5.26 Å². The number of H-pyrrole nitrogens is 1. The van der Waals surface area contributed by atoms with Crippen LogP contribution in [0, 0.1) is 30.1 Å². The van der Waals surface area contributed by atoms with Crippen LogP contribution in [0.2, 0.25) is 0 Å². The van der Waals surface area contributed by atoms with E-state index in [2.05, 4.69) is 69.0 Å². The second kappa shape index (κ2) is 5.68. The third-order valence-corrected chi connectivity index (χ3v) is 4.00. The maximum atomic E-state index is 9.59. The Bertz CT molecular complexity index is 631. The Morgan fingerprint density at radius 3 is 2.40 bits per heavy atom. The zero-order valence-electron chi connectivity index (χ0n) is 12.9. The van der Waals surface area contributed by atoms with Gasteiger partial charge >= 0.3 is 0 Å². The topological polar surface area (TPSA) is 42.8 Å². The minimum Gasteiger partial charge on any atom is -0.358 e. The van der Waals surface area contributed by atoms with E-state index in [-0.39, 0.29) is 12.0 Å². The molecule has 3 heteroatoms. The van der Waals surface area contributed by atoms with Gasteiger partial charge in [0.2, 0.25) is 0 Å². The zero-order chi connectivity index (χ0) is 14.9. The van der Waals surface area contributed by atoms with Gasteiger partial charge in [0, 0.05) is 16.6 Å². The van der Waals surface area contributed by atoms with Crippen molar-refractivity contribution in [2.24, 2.45) is 11.8 Å². The standard InChI is InChI=1S/C17H23N3/c1-11(2)14(10-18)17(20(4)5)16-12(3)19-15-9-7-6-8-13(15)16/h6-9,11,14,17,19H,1-5H3. The Hall–Kier alpha value is -1.79. The first-order chi connectivity index (χ1) is 9.47. The molecule has 0 aliphatic rings. The summed E-state index contributed by atoms with van der Waals surface area (Å²) in [5.41, 5.74) is 3.56. The van der Waals surface area contributed by atoms with E-state index in [1.165, 1.54) is 10.9 Å². The van der Waals surface area contributed by atoms with E-state index in [4.69, 9.17) is 0 Å². The number of hydrogen-bond donors (Lipinski definition) is 1. The van der Waals surface area contributed by atoms with Gasteiger partial charge in [-0.25, -0.2) is 0 Å². The highest BCUT2D eigenvalue weighted by atomic mass is 15.1. The second-order valence-corrected chi connectivity index (χ2v) is 6.02. The number of benzene rings is 1. The number of para-hydroxylation sites is 1. The fourth-order valence-electron chi connectivity index (χ4n) is 3.02. The van der Waals surface area contributed by atoms with Crippen LogP contribution in [0.15, 0.2) is 24.3 Å². The summed E-state index contributed by atoms with van der Waals surface area (Å²) in [7, 11) is 4.11. The maximum absolute atomic E-state index is 9.59. The number of aryl methyl sites for hydroxylation is 1. The highest BCUT2D eigenvalue weighted by Crippen LogP contribution is 2.37. The Kier molecular flexibility index (Phi) is 4.15. The summed E-state index contributed by atoms with van der Waals surface area (Å²) in [5.74, 6) is 0.295. The van der Waals surface area contributed by atoms with Gasteiger partial charge in [-0.05, 0) is 38.6 Å². The number of aromatic amines is 1. The summed E-state index contributed by atoms with van der Waals surface area (Å²) in [6.07, 6.45) is 0. The molecule has 1 aromatic carbocycles. The third-order valence-electron chi connectivity index (χ3n) is 4.00. The normalized spacial score (nSPS) is 14.7. The molecule has 0 saturated heterocycles. The predicted molar refractivity (Wildman–Crippen MR) is 83.4 cm³/mol. The van der Waals surface area contributed by atoms with Crippen molar-refractivity contribution in [2.75, 3.05) is 14.1 Å². The molecule has 2 unspecified atom stereocenters. The van der Waals surface area contributed by atoms with E-state index in [9.17, 15) is 5.26 Å². The Morgan fingerprint density at radius 1 is 1.20 bits per heavy atom. The molecular weight excluding hydrogens is 246 g/mol. The molecule has 0 aliphatic heterocycles. The maximum Gasteiger partial charge on any atom is 0.0684 e.